The van der Waals surface area contributed by atoms with Gasteiger partial charge in [0, 0.05) is 18.5 Å². The number of amides is 1. The Balaban J connectivity index is 1.57. The van der Waals surface area contributed by atoms with Crippen molar-refractivity contribution < 1.29 is 9.90 Å². The van der Waals surface area contributed by atoms with Crippen molar-refractivity contribution in [2.75, 3.05) is 11.9 Å². The number of nitrogens with zero attached hydrogens (tertiary/aromatic N) is 3. The van der Waals surface area contributed by atoms with Crippen molar-refractivity contribution in [1.29, 1.82) is 0 Å². The highest BCUT2D eigenvalue weighted by atomic mass is 35.5. The molecule has 0 saturated heterocycles. The van der Waals surface area contributed by atoms with E-state index >= 15 is 0 Å². The normalized spacial score (nSPS) is 12.1. The summed E-state index contributed by atoms with van der Waals surface area (Å²) in [4.78, 5) is 15.5. The van der Waals surface area contributed by atoms with Crippen LogP contribution in [0, 0.1) is 0 Å². The molecule has 0 bridgehead atoms. The SMILES string of the molecule is CCn1ncc2cc(Cl)nc(NCCCCC(NC(=O)O)c3ccccc3)c21. The second-order valence-corrected chi connectivity index (χ2v) is 6.91. The van der Waals surface area contributed by atoms with E-state index in [1.807, 2.05) is 48.0 Å². The molecule has 1 amide bonds. The molecule has 1 aromatic carbocycles. The lowest BCUT2D eigenvalue weighted by Crippen LogP contribution is -2.26. The molecule has 0 spiro atoms. The molecule has 0 aliphatic rings. The van der Waals surface area contributed by atoms with Crippen molar-refractivity contribution in [3.8, 4) is 0 Å². The lowest BCUT2D eigenvalue weighted by Gasteiger charge is -2.17. The van der Waals surface area contributed by atoms with Gasteiger partial charge in [0.05, 0.1) is 12.2 Å². The van der Waals surface area contributed by atoms with Crippen LogP contribution < -0.4 is 10.6 Å². The third kappa shape index (κ3) is 4.92. The van der Waals surface area contributed by atoms with E-state index in [0.717, 1.165) is 48.1 Å². The van der Waals surface area contributed by atoms with E-state index in [9.17, 15) is 4.79 Å². The lowest BCUT2D eigenvalue weighted by molar-refractivity contribution is 0.189. The van der Waals surface area contributed by atoms with Gasteiger partial charge in [-0.05, 0) is 37.8 Å². The number of fused-ring (bicyclic) bond motifs is 1. The Morgan fingerprint density at radius 3 is 2.79 bits per heavy atom. The zero-order valence-electron chi connectivity index (χ0n) is 15.7. The summed E-state index contributed by atoms with van der Waals surface area (Å²) < 4.78 is 1.89. The monoisotopic (exact) mass is 401 g/mol. The molecule has 7 nitrogen and oxygen atoms in total. The Morgan fingerprint density at radius 2 is 2.07 bits per heavy atom. The van der Waals surface area contributed by atoms with Crippen molar-refractivity contribution >= 4 is 34.4 Å². The Morgan fingerprint density at radius 1 is 1.29 bits per heavy atom. The van der Waals surface area contributed by atoms with Gasteiger partial charge in [0.1, 0.15) is 10.7 Å². The summed E-state index contributed by atoms with van der Waals surface area (Å²) in [5.74, 6) is 0.727. The average molecular weight is 402 g/mol. The molecule has 28 heavy (non-hydrogen) atoms. The standard InChI is InChI=1S/C20H24ClN5O2/c1-2-26-18-15(13-23-26)12-17(21)25-19(18)22-11-7-6-10-16(24-20(27)28)14-8-4-3-5-9-14/h3-5,8-9,12-13,16,24H,2,6-7,10-11H2,1H3,(H,22,25)(H,27,28). The van der Waals surface area contributed by atoms with Crippen LogP contribution in [-0.4, -0.2) is 32.5 Å². The molecule has 1 atom stereocenters. The summed E-state index contributed by atoms with van der Waals surface area (Å²) >= 11 is 6.12. The maximum absolute atomic E-state index is 11.1. The van der Waals surface area contributed by atoms with E-state index < -0.39 is 6.09 Å². The number of pyridine rings is 1. The highest BCUT2D eigenvalue weighted by Crippen LogP contribution is 2.25. The summed E-state index contributed by atoms with van der Waals surface area (Å²) in [6.45, 7) is 3.50. The molecule has 1 unspecified atom stereocenters. The molecular weight excluding hydrogens is 378 g/mol. The number of nitrogens with one attached hydrogen (secondary N) is 2. The highest BCUT2D eigenvalue weighted by molar-refractivity contribution is 6.30. The van der Waals surface area contributed by atoms with Gasteiger partial charge in [0.15, 0.2) is 5.82 Å². The Kier molecular flexibility index (Phi) is 6.71. The molecular formula is C20H24ClN5O2. The van der Waals surface area contributed by atoms with Crippen LogP contribution in [0.2, 0.25) is 5.15 Å². The van der Waals surface area contributed by atoms with Crippen LogP contribution in [0.5, 0.6) is 0 Å². The molecule has 2 aromatic heterocycles. The van der Waals surface area contributed by atoms with E-state index in [0.29, 0.717) is 11.7 Å². The van der Waals surface area contributed by atoms with Crippen molar-refractivity contribution in [3.05, 3.63) is 53.3 Å². The van der Waals surface area contributed by atoms with E-state index in [1.165, 1.54) is 0 Å². The summed E-state index contributed by atoms with van der Waals surface area (Å²) in [6.07, 6.45) is 3.25. The third-order valence-corrected chi connectivity index (χ3v) is 4.79. The maximum Gasteiger partial charge on any atom is 0.405 e. The summed E-state index contributed by atoms with van der Waals surface area (Å²) in [6, 6.07) is 11.2. The van der Waals surface area contributed by atoms with Crippen LogP contribution in [0.25, 0.3) is 10.9 Å². The Bertz CT molecular complexity index is 929. The van der Waals surface area contributed by atoms with Gasteiger partial charge < -0.3 is 15.7 Å². The zero-order chi connectivity index (χ0) is 19.9. The van der Waals surface area contributed by atoms with Crippen molar-refractivity contribution in [3.63, 3.8) is 0 Å². The number of hydrogen-bond donors (Lipinski definition) is 3. The van der Waals surface area contributed by atoms with Gasteiger partial charge in [-0.3, -0.25) is 4.68 Å². The molecule has 3 rings (SSSR count). The number of benzene rings is 1. The predicted molar refractivity (Wildman–Crippen MR) is 111 cm³/mol. The number of carbonyl (C=O) groups is 1. The number of anilines is 1. The summed E-state index contributed by atoms with van der Waals surface area (Å²) in [5, 5.41) is 20.8. The molecule has 0 fully saturated rings. The smallest absolute Gasteiger partial charge is 0.405 e. The fourth-order valence-corrected chi connectivity index (χ4v) is 3.49. The molecule has 8 heteroatoms. The number of hydrogen-bond acceptors (Lipinski definition) is 4. The van der Waals surface area contributed by atoms with Crippen molar-refractivity contribution in [2.24, 2.45) is 0 Å². The van der Waals surface area contributed by atoms with Crippen LogP contribution >= 0.6 is 11.6 Å². The van der Waals surface area contributed by atoms with Crippen LogP contribution in [0.3, 0.4) is 0 Å². The number of unbranched alkanes of at least 4 members (excludes halogenated alkanes) is 1. The molecule has 0 radical (unpaired) electrons. The van der Waals surface area contributed by atoms with Crippen LogP contribution in [0.4, 0.5) is 10.6 Å². The Hall–Kier alpha value is -2.80. The highest BCUT2D eigenvalue weighted by Gasteiger charge is 2.14. The first-order chi connectivity index (χ1) is 13.6. The number of aromatic nitrogens is 3. The van der Waals surface area contributed by atoms with Gasteiger partial charge in [-0.1, -0.05) is 41.9 Å². The van der Waals surface area contributed by atoms with Gasteiger partial charge in [-0.2, -0.15) is 5.10 Å². The average Bonchev–Trinajstić information content (AvgIpc) is 3.10. The van der Waals surface area contributed by atoms with Gasteiger partial charge in [0.25, 0.3) is 0 Å². The van der Waals surface area contributed by atoms with Gasteiger partial charge in [-0.25, -0.2) is 9.78 Å². The molecule has 2 heterocycles. The number of rotatable bonds is 9. The van der Waals surface area contributed by atoms with Gasteiger partial charge in [-0.15, -0.1) is 0 Å². The fourth-order valence-electron chi connectivity index (χ4n) is 3.28. The largest absolute Gasteiger partial charge is 0.465 e. The minimum absolute atomic E-state index is 0.212. The van der Waals surface area contributed by atoms with Gasteiger partial charge in [0.2, 0.25) is 0 Å². The molecule has 3 aromatic rings. The van der Waals surface area contributed by atoms with E-state index in [4.69, 9.17) is 16.7 Å². The topological polar surface area (TPSA) is 92.1 Å². The van der Waals surface area contributed by atoms with Crippen LogP contribution in [-0.2, 0) is 6.54 Å². The maximum atomic E-state index is 11.1. The summed E-state index contributed by atoms with van der Waals surface area (Å²) in [5.41, 5.74) is 1.92. The Labute approximate surface area is 168 Å². The van der Waals surface area contributed by atoms with E-state index in [2.05, 4.69) is 20.7 Å². The predicted octanol–water partition coefficient (Wildman–Crippen LogP) is 4.70. The number of carboxylic acid groups (broad SMARTS) is 1. The quantitative estimate of drug-likeness (QED) is 0.357. The van der Waals surface area contributed by atoms with Crippen molar-refractivity contribution in [2.45, 2.75) is 38.8 Å². The minimum atomic E-state index is -1.01. The van der Waals surface area contributed by atoms with Crippen LogP contribution in [0.1, 0.15) is 37.8 Å². The molecule has 0 aliphatic carbocycles. The van der Waals surface area contributed by atoms with Crippen molar-refractivity contribution in [1.82, 2.24) is 20.1 Å². The summed E-state index contributed by atoms with van der Waals surface area (Å²) in [7, 11) is 0. The molecule has 3 N–H and O–H groups in total. The number of halogens is 1. The van der Waals surface area contributed by atoms with E-state index in [1.54, 1.807) is 6.20 Å². The zero-order valence-corrected chi connectivity index (χ0v) is 16.5. The first-order valence-electron chi connectivity index (χ1n) is 9.38. The minimum Gasteiger partial charge on any atom is -0.465 e. The molecule has 148 valence electrons. The number of aryl methyl sites for hydroxylation is 1. The lowest BCUT2D eigenvalue weighted by atomic mass is 10.0. The van der Waals surface area contributed by atoms with Gasteiger partial charge >= 0.3 is 6.09 Å². The molecule has 0 saturated carbocycles. The van der Waals surface area contributed by atoms with E-state index in [-0.39, 0.29) is 6.04 Å². The second-order valence-electron chi connectivity index (χ2n) is 6.53. The molecule has 0 aliphatic heterocycles. The first kappa shape index (κ1) is 19.9. The first-order valence-corrected chi connectivity index (χ1v) is 9.76. The fraction of sp³-hybridized carbons (Fsp3) is 0.350. The van der Waals surface area contributed by atoms with Crippen LogP contribution in [0.15, 0.2) is 42.6 Å². The third-order valence-electron chi connectivity index (χ3n) is 4.60. The second kappa shape index (κ2) is 9.41.